The number of nitrogens with one attached hydrogen (secondary N) is 3. The lowest BCUT2D eigenvalue weighted by Crippen LogP contribution is -2.36. The predicted molar refractivity (Wildman–Crippen MR) is 120 cm³/mol. The van der Waals surface area contributed by atoms with E-state index in [1.165, 1.54) is 5.39 Å². The number of guanidine groups is 1. The number of aliphatic imine (C=N–C) groups is 1. The maximum absolute atomic E-state index is 5.34. The van der Waals surface area contributed by atoms with E-state index in [1.807, 2.05) is 30.3 Å². The monoisotopic (exact) mass is 480 g/mol. The number of para-hydroxylation sites is 1. The van der Waals surface area contributed by atoms with Crippen molar-refractivity contribution in [3.05, 3.63) is 59.8 Å². The van der Waals surface area contributed by atoms with Crippen LogP contribution in [-0.2, 0) is 13.1 Å². The van der Waals surface area contributed by atoms with Crippen LogP contribution >= 0.6 is 24.0 Å². The quantitative estimate of drug-likeness (QED) is 0.286. The number of hydrogen-bond donors (Lipinski definition) is 3. The predicted octanol–water partition coefficient (Wildman–Crippen LogP) is 3.67. The summed E-state index contributed by atoms with van der Waals surface area (Å²) in [6.07, 6.45) is 0. The van der Waals surface area contributed by atoms with Gasteiger partial charge in [0.1, 0.15) is 0 Å². The summed E-state index contributed by atoms with van der Waals surface area (Å²) in [6, 6.07) is 16.2. The summed E-state index contributed by atoms with van der Waals surface area (Å²) < 4.78 is 10.6. The second kappa shape index (κ2) is 10.1. The Bertz CT molecular complexity index is 875. The number of ether oxygens (including phenoxy) is 2. The van der Waals surface area contributed by atoms with Gasteiger partial charge in [0.25, 0.3) is 0 Å². The minimum Gasteiger partial charge on any atom is -0.493 e. The molecule has 3 N–H and O–H groups in total. The van der Waals surface area contributed by atoms with Crippen LogP contribution in [0.5, 0.6) is 11.5 Å². The number of rotatable bonds is 6. The zero-order valence-electron chi connectivity index (χ0n) is 15.7. The molecule has 1 heterocycles. The number of nitrogens with zero attached hydrogens (tertiary/aromatic N) is 1. The molecular formula is C20H25IN4O2. The molecule has 0 fully saturated rings. The molecule has 7 heteroatoms. The van der Waals surface area contributed by atoms with Gasteiger partial charge in [-0.25, -0.2) is 0 Å². The zero-order valence-corrected chi connectivity index (χ0v) is 18.0. The standard InChI is InChI=1S/C20H24N4O2.HI/c1-21-20(22-12-14-8-9-18(25-2)19(10-14)26-3)23-13-16-11-15-6-4-5-7-17(15)24-16;/h4-11,24H,12-13H2,1-3H3,(H2,21,22,23);1H. The molecule has 0 saturated carbocycles. The molecule has 0 unspecified atom stereocenters. The van der Waals surface area contributed by atoms with E-state index in [-0.39, 0.29) is 24.0 Å². The van der Waals surface area contributed by atoms with E-state index in [4.69, 9.17) is 9.47 Å². The first-order valence-electron chi connectivity index (χ1n) is 8.45. The smallest absolute Gasteiger partial charge is 0.191 e. The number of fused-ring (bicyclic) bond motifs is 1. The third kappa shape index (κ3) is 5.29. The Morgan fingerprint density at radius 1 is 0.963 bits per heavy atom. The maximum atomic E-state index is 5.34. The molecule has 0 amide bonds. The number of aromatic amines is 1. The number of halogens is 1. The Kier molecular flexibility index (Phi) is 7.78. The lowest BCUT2D eigenvalue weighted by Gasteiger charge is -2.13. The van der Waals surface area contributed by atoms with Crippen molar-refractivity contribution in [2.45, 2.75) is 13.1 Å². The zero-order chi connectivity index (χ0) is 18.4. The van der Waals surface area contributed by atoms with Crippen molar-refractivity contribution in [3.63, 3.8) is 0 Å². The van der Waals surface area contributed by atoms with Crippen LogP contribution in [0.3, 0.4) is 0 Å². The molecule has 6 nitrogen and oxygen atoms in total. The van der Waals surface area contributed by atoms with Gasteiger partial charge in [0, 0.05) is 24.8 Å². The highest BCUT2D eigenvalue weighted by Crippen LogP contribution is 2.27. The van der Waals surface area contributed by atoms with E-state index in [2.05, 4.69) is 38.8 Å². The van der Waals surface area contributed by atoms with Gasteiger partial charge < -0.3 is 25.1 Å². The van der Waals surface area contributed by atoms with Gasteiger partial charge in [0.05, 0.1) is 20.8 Å². The Balaban J connectivity index is 0.00000261. The van der Waals surface area contributed by atoms with Crippen LogP contribution in [-0.4, -0.2) is 32.2 Å². The molecular weight excluding hydrogens is 455 g/mol. The van der Waals surface area contributed by atoms with Crippen LogP contribution in [0.2, 0.25) is 0 Å². The molecule has 27 heavy (non-hydrogen) atoms. The van der Waals surface area contributed by atoms with Gasteiger partial charge in [-0.1, -0.05) is 24.3 Å². The first kappa shape index (κ1) is 20.9. The minimum atomic E-state index is 0. The number of benzene rings is 2. The summed E-state index contributed by atoms with van der Waals surface area (Å²) >= 11 is 0. The van der Waals surface area contributed by atoms with Crippen molar-refractivity contribution in [2.24, 2.45) is 4.99 Å². The Morgan fingerprint density at radius 2 is 1.70 bits per heavy atom. The Morgan fingerprint density at radius 3 is 2.41 bits per heavy atom. The molecule has 1 aromatic heterocycles. The third-order valence-corrected chi connectivity index (χ3v) is 4.16. The van der Waals surface area contributed by atoms with Gasteiger partial charge in [-0.05, 0) is 35.2 Å². The summed E-state index contributed by atoms with van der Waals surface area (Å²) in [5.74, 6) is 2.17. The van der Waals surface area contributed by atoms with Crippen molar-refractivity contribution in [1.82, 2.24) is 15.6 Å². The Hall–Kier alpha value is -2.42. The average molecular weight is 480 g/mol. The molecule has 0 aliphatic heterocycles. The van der Waals surface area contributed by atoms with Crippen LogP contribution in [0.25, 0.3) is 10.9 Å². The second-order valence-electron chi connectivity index (χ2n) is 5.85. The molecule has 2 aromatic carbocycles. The molecule has 0 aliphatic rings. The van der Waals surface area contributed by atoms with Gasteiger partial charge in [0.2, 0.25) is 0 Å². The molecule has 0 aliphatic carbocycles. The fraction of sp³-hybridized carbons (Fsp3) is 0.250. The summed E-state index contributed by atoms with van der Waals surface area (Å²) in [5, 5.41) is 7.83. The largest absolute Gasteiger partial charge is 0.493 e. The highest BCUT2D eigenvalue weighted by molar-refractivity contribution is 14.0. The normalized spacial score (nSPS) is 11.0. The van der Waals surface area contributed by atoms with E-state index in [0.29, 0.717) is 18.8 Å². The summed E-state index contributed by atoms with van der Waals surface area (Å²) in [5.41, 5.74) is 3.33. The van der Waals surface area contributed by atoms with Gasteiger partial charge in [0.15, 0.2) is 17.5 Å². The molecule has 0 bridgehead atoms. The second-order valence-corrected chi connectivity index (χ2v) is 5.85. The van der Waals surface area contributed by atoms with E-state index in [0.717, 1.165) is 28.5 Å². The van der Waals surface area contributed by atoms with E-state index in [1.54, 1.807) is 21.3 Å². The van der Waals surface area contributed by atoms with Crippen LogP contribution in [0.1, 0.15) is 11.3 Å². The highest BCUT2D eigenvalue weighted by Gasteiger charge is 2.06. The maximum Gasteiger partial charge on any atom is 0.191 e. The topological polar surface area (TPSA) is 70.7 Å². The van der Waals surface area contributed by atoms with Crippen LogP contribution in [0.4, 0.5) is 0 Å². The van der Waals surface area contributed by atoms with Crippen LogP contribution in [0.15, 0.2) is 53.5 Å². The molecule has 0 radical (unpaired) electrons. The molecule has 144 valence electrons. The summed E-state index contributed by atoms with van der Waals surface area (Å²) in [4.78, 5) is 7.67. The van der Waals surface area contributed by atoms with E-state index < -0.39 is 0 Å². The SMILES string of the molecule is CN=C(NCc1ccc(OC)c(OC)c1)NCc1cc2ccccc2[nH]1.I. The van der Waals surface area contributed by atoms with Crippen molar-refractivity contribution in [1.29, 1.82) is 0 Å². The highest BCUT2D eigenvalue weighted by atomic mass is 127. The minimum absolute atomic E-state index is 0. The molecule has 0 saturated heterocycles. The Labute approximate surface area is 176 Å². The van der Waals surface area contributed by atoms with Gasteiger partial charge in [-0.15, -0.1) is 24.0 Å². The third-order valence-electron chi connectivity index (χ3n) is 4.16. The summed E-state index contributed by atoms with van der Waals surface area (Å²) in [7, 11) is 5.02. The van der Waals surface area contributed by atoms with Crippen molar-refractivity contribution >= 4 is 40.8 Å². The summed E-state index contributed by atoms with van der Waals surface area (Å²) in [6.45, 7) is 1.30. The van der Waals surface area contributed by atoms with Crippen molar-refractivity contribution in [3.8, 4) is 11.5 Å². The van der Waals surface area contributed by atoms with Crippen molar-refractivity contribution in [2.75, 3.05) is 21.3 Å². The van der Waals surface area contributed by atoms with E-state index >= 15 is 0 Å². The lowest BCUT2D eigenvalue weighted by molar-refractivity contribution is 0.354. The fourth-order valence-corrected chi connectivity index (χ4v) is 2.80. The lowest BCUT2D eigenvalue weighted by atomic mass is 10.2. The fourth-order valence-electron chi connectivity index (χ4n) is 2.80. The number of hydrogen-bond acceptors (Lipinski definition) is 3. The van der Waals surface area contributed by atoms with Gasteiger partial charge >= 0.3 is 0 Å². The number of methoxy groups -OCH3 is 2. The van der Waals surface area contributed by atoms with E-state index in [9.17, 15) is 0 Å². The first-order chi connectivity index (χ1) is 12.7. The van der Waals surface area contributed by atoms with Crippen LogP contribution < -0.4 is 20.1 Å². The number of H-pyrrole nitrogens is 1. The number of aromatic nitrogens is 1. The molecule has 0 spiro atoms. The van der Waals surface area contributed by atoms with Crippen molar-refractivity contribution < 1.29 is 9.47 Å². The van der Waals surface area contributed by atoms with Gasteiger partial charge in [-0.2, -0.15) is 0 Å². The molecule has 3 aromatic rings. The van der Waals surface area contributed by atoms with Crippen LogP contribution in [0, 0.1) is 0 Å². The molecule has 3 rings (SSSR count). The first-order valence-corrected chi connectivity index (χ1v) is 8.45. The molecule has 0 atom stereocenters. The van der Waals surface area contributed by atoms with Gasteiger partial charge in [-0.3, -0.25) is 4.99 Å². The average Bonchev–Trinajstić information content (AvgIpc) is 3.10.